The SMILES string of the molecule is O=C(O)c1cn(C2CN(C(=O)c3ccccc3F)C2)nn1. The van der Waals surface area contributed by atoms with Crippen LogP contribution in [-0.2, 0) is 0 Å². The Labute approximate surface area is 118 Å². The predicted octanol–water partition coefficient (Wildman–Crippen LogP) is 0.813. The van der Waals surface area contributed by atoms with Crippen LogP contribution in [0.3, 0.4) is 0 Å². The Bertz CT molecular complexity index is 709. The quantitative estimate of drug-likeness (QED) is 0.903. The topological polar surface area (TPSA) is 88.3 Å². The summed E-state index contributed by atoms with van der Waals surface area (Å²) in [6.45, 7) is 0.686. The van der Waals surface area contributed by atoms with Crippen molar-refractivity contribution in [2.45, 2.75) is 6.04 Å². The fourth-order valence-corrected chi connectivity index (χ4v) is 2.15. The second-order valence-corrected chi connectivity index (χ2v) is 4.73. The number of aromatic nitrogens is 3. The van der Waals surface area contributed by atoms with Crippen molar-refractivity contribution in [3.63, 3.8) is 0 Å². The molecule has 7 nitrogen and oxygen atoms in total. The van der Waals surface area contributed by atoms with Crippen LogP contribution in [0.4, 0.5) is 4.39 Å². The van der Waals surface area contributed by atoms with Crippen molar-refractivity contribution < 1.29 is 19.1 Å². The van der Waals surface area contributed by atoms with Crippen LogP contribution in [0.1, 0.15) is 26.9 Å². The number of hydrogen-bond acceptors (Lipinski definition) is 4. The number of likely N-dealkylation sites (tertiary alicyclic amines) is 1. The van der Waals surface area contributed by atoms with Crippen LogP contribution in [0.15, 0.2) is 30.5 Å². The normalized spacial score (nSPS) is 14.8. The van der Waals surface area contributed by atoms with E-state index in [2.05, 4.69) is 10.3 Å². The van der Waals surface area contributed by atoms with Gasteiger partial charge in [0.05, 0.1) is 17.8 Å². The summed E-state index contributed by atoms with van der Waals surface area (Å²) in [4.78, 5) is 24.3. The highest BCUT2D eigenvalue weighted by molar-refractivity contribution is 5.95. The Morgan fingerprint density at radius 3 is 2.62 bits per heavy atom. The number of rotatable bonds is 3. The monoisotopic (exact) mass is 290 g/mol. The van der Waals surface area contributed by atoms with E-state index in [0.717, 1.165) is 0 Å². The van der Waals surface area contributed by atoms with Gasteiger partial charge in [-0.15, -0.1) is 5.10 Å². The zero-order chi connectivity index (χ0) is 15.0. The van der Waals surface area contributed by atoms with E-state index < -0.39 is 11.8 Å². The van der Waals surface area contributed by atoms with Crippen LogP contribution in [0, 0.1) is 5.82 Å². The van der Waals surface area contributed by atoms with Crippen LogP contribution >= 0.6 is 0 Å². The van der Waals surface area contributed by atoms with Gasteiger partial charge in [-0.25, -0.2) is 13.9 Å². The minimum Gasteiger partial charge on any atom is -0.476 e. The van der Waals surface area contributed by atoms with Crippen molar-refractivity contribution in [1.82, 2.24) is 19.9 Å². The standard InChI is InChI=1S/C13H11FN4O3/c14-10-4-2-1-3-9(10)12(19)17-5-8(6-17)18-7-11(13(20)21)15-16-18/h1-4,7-8H,5-6H2,(H,20,21). The average Bonchev–Trinajstić information content (AvgIpc) is 2.87. The Balaban J connectivity index is 1.66. The number of carboxylic acids is 1. The maximum Gasteiger partial charge on any atom is 0.358 e. The van der Waals surface area contributed by atoms with Crippen LogP contribution in [0.2, 0.25) is 0 Å². The third-order valence-corrected chi connectivity index (χ3v) is 3.36. The lowest BCUT2D eigenvalue weighted by molar-refractivity contribution is 0.0492. The van der Waals surface area contributed by atoms with Crippen molar-refractivity contribution in [1.29, 1.82) is 0 Å². The van der Waals surface area contributed by atoms with E-state index in [0.29, 0.717) is 13.1 Å². The molecule has 0 saturated carbocycles. The van der Waals surface area contributed by atoms with Gasteiger partial charge in [0.1, 0.15) is 5.82 Å². The van der Waals surface area contributed by atoms with Gasteiger partial charge in [0.15, 0.2) is 5.69 Å². The van der Waals surface area contributed by atoms with Gasteiger partial charge in [-0.1, -0.05) is 17.3 Å². The van der Waals surface area contributed by atoms with E-state index in [4.69, 9.17) is 5.11 Å². The molecule has 0 spiro atoms. The van der Waals surface area contributed by atoms with E-state index >= 15 is 0 Å². The molecule has 1 aliphatic rings. The Kier molecular flexibility index (Phi) is 3.13. The van der Waals surface area contributed by atoms with Crippen molar-refractivity contribution in [3.05, 3.63) is 47.5 Å². The zero-order valence-electron chi connectivity index (χ0n) is 10.8. The number of halogens is 1. The van der Waals surface area contributed by atoms with E-state index in [-0.39, 0.29) is 23.2 Å². The first kappa shape index (κ1) is 13.2. The van der Waals surface area contributed by atoms with E-state index in [9.17, 15) is 14.0 Å². The summed E-state index contributed by atoms with van der Waals surface area (Å²) in [6, 6.07) is 5.66. The molecule has 1 fully saturated rings. The maximum absolute atomic E-state index is 13.5. The highest BCUT2D eigenvalue weighted by Gasteiger charge is 2.34. The Morgan fingerprint density at radius 2 is 2.00 bits per heavy atom. The molecule has 1 aliphatic heterocycles. The molecule has 1 N–H and O–H groups in total. The Morgan fingerprint density at radius 1 is 1.29 bits per heavy atom. The summed E-state index contributed by atoms with van der Waals surface area (Å²) in [5, 5.41) is 16.0. The average molecular weight is 290 g/mol. The fourth-order valence-electron chi connectivity index (χ4n) is 2.15. The van der Waals surface area contributed by atoms with Crippen molar-refractivity contribution in [2.75, 3.05) is 13.1 Å². The van der Waals surface area contributed by atoms with Gasteiger partial charge >= 0.3 is 5.97 Å². The van der Waals surface area contributed by atoms with Crippen molar-refractivity contribution in [3.8, 4) is 0 Å². The number of nitrogens with zero attached hydrogens (tertiary/aromatic N) is 4. The summed E-state index contributed by atoms with van der Waals surface area (Å²) in [7, 11) is 0. The lowest BCUT2D eigenvalue weighted by Gasteiger charge is -2.38. The number of aromatic carboxylic acids is 1. The third kappa shape index (κ3) is 2.35. The van der Waals surface area contributed by atoms with Crippen LogP contribution in [0.5, 0.6) is 0 Å². The van der Waals surface area contributed by atoms with Crippen LogP contribution < -0.4 is 0 Å². The molecule has 1 amide bonds. The summed E-state index contributed by atoms with van der Waals surface area (Å²) in [5.74, 6) is -2.09. The molecule has 8 heteroatoms. The molecule has 2 heterocycles. The number of carbonyl (C=O) groups is 2. The molecule has 0 aliphatic carbocycles. The van der Waals surface area contributed by atoms with Gasteiger partial charge in [0.2, 0.25) is 0 Å². The lowest BCUT2D eigenvalue weighted by atomic mass is 10.1. The highest BCUT2D eigenvalue weighted by atomic mass is 19.1. The van der Waals surface area contributed by atoms with Gasteiger partial charge in [-0.2, -0.15) is 0 Å². The molecule has 1 saturated heterocycles. The first-order valence-electron chi connectivity index (χ1n) is 6.25. The largest absolute Gasteiger partial charge is 0.476 e. The molecule has 0 radical (unpaired) electrons. The van der Waals surface area contributed by atoms with Gasteiger partial charge in [0.25, 0.3) is 5.91 Å². The van der Waals surface area contributed by atoms with Crippen molar-refractivity contribution >= 4 is 11.9 Å². The molecular formula is C13H11FN4O3. The predicted molar refractivity (Wildman–Crippen MR) is 68.3 cm³/mol. The van der Waals surface area contributed by atoms with E-state index in [1.165, 1.54) is 34.0 Å². The summed E-state index contributed by atoms with van der Waals surface area (Å²) in [5.41, 5.74) is -0.116. The van der Waals surface area contributed by atoms with Gasteiger partial charge in [-0.05, 0) is 12.1 Å². The molecular weight excluding hydrogens is 279 g/mol. The third-order valence-electron chi connectivity index (χ3n) is 3.36. The second kappa shape index (κ2) is 4.97. The Hall–Kier alpha value is -2.77. The maximum atomic E-state index is 13.5. The highest BCUT2D eigenvalue weighted by Crippen LogP contribution is 2.23. The summed E-state index contributed by atoms with van der Waals surface area (Å²) < 4.78 is 14.9. The number of benzene rings is 1. The summed E-state index contributed by atoms with van der Waals surface area (Å²) in [6.07, 6.45) is 1.32. The molecule has 0 atom stereocenters. The van der Waals surface area contributed by atoms with Crippen molar-refractivity contribution in [2.24, 2.45) is 0 Å². The first-order chi connectivity index (χ1) is 10.1. The molecule has 108 valence electrons. The molecule has 0 unspecified atom stereocenters. The van der Waals surface area contributed by atoms with E-state index in [1.807, 2.05) is 0 Å². The first-order valence-corrected chi connectivity index (χ1v) is 6.25. The number of amides is 1. The molecule has 21 heavy (non-hydrogen) atoms. The molecule has 2 aromatic rings. The fraction of sp³-hybridized carbons (Fsp3) is 0.231. The van der Waals surface area contributed by atoms with Gasteiger partial charge < -0.3 is 10.0 Å². The minimum atomic E-state index is -1.15. The molecule has 3 rings (SSSR count). The summed E-state index contributed by atoms with van der Waals surface area (Å²) >= 11 is 0. The van der Waals surface area contributed by atoms with Crippen LogP contribution in [-0.4, -0.2) is 50.0 Å². The number of hydrogen-bond donors (Lipinski definition) is 1. The van der Waals surface area contributed by atoms with Gasteiger partial charge in [0, 0.05) is 13.1 Å². The molecule has 0 bridgehead atoms. The number of carbonyl (C=O) groups excluding carboxylic acids is 1. The minimum absolute atomic E-state index is 0.0285. The van der Waals surface area contributed by atoms with Crippen LogP contribution in [0.25, 0.3) is 0 Å². The van der Waals surface area contributed by atoms with E-state index in [1.54, 1.807) is 6.07 Å². The second-order valence-electron chi connectivity index (χ2n) is 4.73. The van der Waals surface area contributed by atoms with Gasteiger partial charge in [-0.3, -0.25) is 4.79 Å². The number of carboxylic acid groups (broad SMARTS) is 1. The zero-order valence-corrected chi connectivity index (χ0v) is 10.8. The lowest BCUT2D eigenvalue weighted by Crippen LogP contribution is -2.51. The molecule has 1 aromatic heterocycles. The smallest absolute Gasteiger partial charge is 0.358 e. The molecule has 1 aromatic carbocycles.